The summed E-state index contributed by atoms with van der Waals surface area (Å²) in [7, 11) is 0. The fourth-order valence-corrected chi connectivity index (χ4v) is 1.21. The van der Waals surface area contributed by atoms with Crippen molar-refractivity contribution in [2.45, 2.75) is 6.92 Å². The van der Waals surface area contributed by atoms with Crippen LogP contribution in [-0.2, 0) is 14.3 Å². The molecule has 0 amide bonds. The number of hydrogen-bond donors (Lipinski definition) is 0. The number of carbonyl (C=O) groups excluding carboxylic acids is 2. The van der Waals surface area contributed by atoms with E-state index >= 15 is 0 Å². The molecule has 92 valence electrons. The summed E-state index contributed by atoms with van der Waals surface area (Å²) >= 11 is 0. The van der Waals surface area contributed by atoms with E-state index < -0.39 is 17.5 Å². The van der Waals surface area contributed by atoms with Crippen molar-refractivity contribution in [1.82, 2.24) is 0 Å². The van der Waals surface area contributed by atoms with Crippen LogP contribution in [0.2, 0.25) is 0 Å². The molecule has 0 fully saturated rings. The average molecular weight is 251 g/mol. The third kappa shape index (κ3) is 5.01. The van der Waals surface area contributed by atoms with Gasteiger partial charge in [0.25, 0.3) is 5.78 Å². The third-order valence-electron chi connectivity index (χ3n) is 2.01. The van der Waals surface area contributed by atoms with Gasteiger partial charge in [0.15, 0.2) is 0 Å². The van der Waals surface area contributed by atoms with Crippen LogP contribution < -0.4 is 24.0 Å². The van der Waals surface area contributed by atoms with Gasteiger partial charge in [-0.05, 0) is 30.7 Å². The van der Waals surface area contributed by atoms with Gasteiger partial charge in [-0.3, -0.25) is 4.79 Å². The van der Waals surface area contributed by atoms with E-state index in [4.69, 9.17) is 5.26 Å². The molecule has 0 saturated heterocycles. The first-order valence-electron chi connectivity index (χ1n) is 5.18. The number of nitriles is 1. The van der Waals surface area contributed by atoms with Crippen LogP contribution >= 0.6 is 0 Å². The zero-order chi connectivity index (χ0) is 13.5. The van der Waals surface area contributed by atoms with Crippen LogP contribution in [0, 0.1) is 11.3 Å². The number of hydrogen-bond acceptors (Lipinski definition) is 5. The molecule has 0 aliphatic heterocycles. The molecular formula is C13H10LiNO4. The minimum absolute atomic E-state index is 0. The molecule has 1 aromatic rings. The predicted octanol–water partition coefficient (Wildman–Crippen LogP) is -2.60. The SMILES string of the molecule is CCOC(=O)C(=O)/C=C(/[O-])c1cccc(C#N)c1.[Li+]. The van der Waals surface area contributed by atoms with E-state index in [2.05, 4.69) is 4.74 Å². The molecule has 0 spiro atoms. The van der Waals surface area contributed by atoms with Crippen LogP contribution in [0.1, 0.15) is 18.1 Å². The van der Waals surface area contributed by atoms with Crippen molar-refractivity contribution in [2.24, 2.45) is 0 Å². The van der Waals surface area contributed by atoms with E-state index in [0.717, 1.165) is 0 Å². The summed E-state index contributed by atoms with van der Waals surface area (Å²) < 4.78 is 4.46. The van der Waals surface area contributed by atoms with Gasteiger partial charge < -0.3 is 9.84 Å². The Morgan fingerprint density at radius 3 is 2.74 bits per heavy atom. The predicted molar refractivity (Wildman–Crippen MR) is 60.8 cm³/mol. The fourth-order valence-electron chi connectivity index (χ4n) is 1.21. The van der Waals surface area contributed by atoms with Crippen molar-refractivity contribution in [1.29, 1.82) is 5.26 Å². The van der Waals surface area contributed by atoms with Gasteiger partial charge in [0.2, 0.25) is 0 Å². The number of ether oxygens (including phenoxy) is 1. The van der Waals surface area contributed by atoms with E-state index in [9.17, 15) is 14.7 Å². The minimum Gasteiger partial charge on any atom is -0.872 e. The molecular weight excluding hydrogens is 241 g/mol. The first kappa shape index (κ1) is 17.0. The molecule has 0 radical (unpaired) electrons. The Morgan fingerprint density at radius 1 is 1.47 bits per heavy atom. The molecule has 0 aromatic heterocycles. The van der Waals surface area contributed by atoms with Crippen LogP contribution in [0.15, 0.2) is 30.3 Å². The van der Waals surface area contributed by atoms with Crippen molar-refractivity contribution in [2.75, 3.05) is 6.61 Å². The summed E-state index contributed by atoms with van der Waals surface area (Å²) in [6.45, 7) is 1.62. The van der Waals surface area contributed by atoms with Gasteiger partial charge in [-0.1, -0.05) is 17.9 Å². The number of benzene rings is 1. The summed E-state index contributed by atoms with van der Waals surface area (Å²) in [5, 5.41) is 20.3. The van der Waals surface area contributed by atoms with Crippen LogP contribution in [0.5, 0.6) is 0 Å². The van der Waals surface area contributed by atoms with Gasteiger partial charge in [0.1, 0.15) is 0 Å². The third-order valence-corrected chi connectivity index (χ3v) is 2.01. The van der Waals surface area contributed by atoms with E-state index in [-0.39, 0.29) is 31.0 Å². The van der Waals surface area contributed by atoms with Crippen molar-refractivity contribution in [3.05, 3.63) is 41.5 Å². The Kier molecular flexibility index (Phi) is 7.29. The first-order valence-corrected chi connectivity index (χ1v) is 5.18. The number of rotatable bonds is 4. The molecule has 6 heteroatoms. The topological polar surface area (TPSA) is 90.2 Å². The number of esters is 1. The van der Waals surface area contributed by atoms with Gasteiger partial charge in [0, 0.05) is 0 Å². The van der Waals surface area contributed by atoms with Crippen molar-refractivity contribution >= 4 is 17.5 Å². The quantitative estimate of drug-likeness (QED) is 0.192. The van der Waals surface area contributed by atoms with Gasteiger partial charge in [0.05, 0.1) is 18.2 Å². The molecule has 0 aliphatic carbocycles. The van der Waals surface area contributed by atoms with Gasteiger partial charge in [-0.15, -0.1) is 0 Å². The number of carbonyl (C=O) groups is 2. The summed E-state index contributed by atoms with van der Waals surface area (Å²) in [6, 6.07) is 7.73. The zero-order valence-electron chi connectivity index (χ0n) is 10.7. The average Bonchev–Trinajstić information content (AvgIpc) is 2.39. The van der Waals surface area contributed by atoms with Crippen LogP contribution in [-0.4, -0.2) is 18.4 Å². The maximum absolute atomic E-state index is 11.6. The molecule has 1 rings (SSSR count). The summed E-state index contributed by atoms with van der Waals surface area (Å²) in [6.07, 6.45) is 0.661. The molecule has 0 heterocycles. The maximum atomic E-state index is 11.6. The molecule has 0 N–H and O–H groups in total. The second-order valence-electron chi connectivity index (χ2n) is 3.29. The van der Waals surface area contributed by atoms with Crippen molar-refractivity contribution in [3.8, 4) is 6.07 Å². The minimum atomic E-state index is -1.07. The fraction of sp³-hybridized carbons (Fsp3) is 0.154. The monoisotopic (exact) mass is 251 g/mol. The standard InChI is InChI=1S/C13H11NO4.Li/c1-2-18-13(17)12(16)7-11(15)10-5-3-4-9(6-10)8-14;/h3-7,15H,2H2,1H3;/q;+1/p-1/b11-7+;. The Bertz CT molecular complexity index is 546. The summed E-state index contributed by atoms with van der Waals surface area (Å²) in [4.78, 5) is 22.3. The largest absolute Gasteiger partial charge is 1.00 e. The first-order chi connectivity index (χ1) is 8.58. The molecule has 0 unspecified atom stereocenters. The van der Waals surface area contributed by atoms with Gasteiger partial charge in [-0.2, -0.15) is 5.26 Å². The van der Waals surface area contributed by atoms with E-state index in [1.807, 2.05) is 6.07 Å². The van der Waals surface area contributed by atoms with Crippen molar-refractivity contribution in [3.63, 3.8) is 0 Å². The smallest absolute Gasteiger partial charge is 0.872 e. The molecule has 0 bridgehead atoms. The van der Waals surface area contributed by atoms with E-state index in [1.54, 1.807) is 6.92 Å². The second kappa shape index (κ2) is 8.15. The van der Waals surface area contributed by atoms with Crippen LogP contribution in [0.25, 0.3) is 5.76 Å². The second-order valence-corrected chi connectivity index (χ2v) is 3.29. The Balaban J connectivity index is 0.00000324. The van der Waals surface area contributed by atoms with Crippen molar-refractivity contribution < 1.29 is 38.3 Å². The molecule has 5 nitrogen and oxygen atoms in total. The Morgan fingerprint density at radius 2 is 2.16 bits per heavy atom. The zero-order valence-corrected chi connectivity index (χ0v) is 10.7. The molecule has 1 aromatic carbocycles. The van der Waals surface area contributed by atoms with Gasteiger partial charge in [-0.25, -0.2) is 4.79 Å². The maximum Gasteiger partial charge on any atom is 1.00 e. The van der Waals surface area contributed by atoms with Gasteiger partial charge >= 0.3 is 24.8 Å². The van der Waals surface area contributed by atoms with Crippen LogP contribution in [0.4, 0.5) is 0 Å². The number of ketones is 1. The summed E-state index contributed by atoms with van der Waals surface area (Å²) in [5.74, 6) is -2.71. The normalized spacial score (nSPS) is 10.0. The molecule has 0 aliphatic rings. The Labute approximate surface area is 122 Å². The summed E-state index contributed by atoms with van der Waals surface area (Å²) in [5.41, 5.74) is 0.476. The number of nitrogens with zero attached hydrogens (tertiary/aromatic N) is 1. The molecule has 19 heavy (non-hydrogen) atoms. The molecule has 0 atom stereocenters. The van der Waals surface area contributed by atoms with Crippen LogP contribution in [0.3, 0.4) is 0 Å². The molecule has 0 saturated carbocycles. The van der Waals surface area contributed by atoms with E-state index in [0.29, 0.717) is 11.6 Å². The Hall–Kier alpha value is -2.01. The van der Waals surface area contributed by atoms with E-state index in [1.165, 1.54) is 24.3 Å².